The van der Waals surface area contributed by atoms with Crippen LogP contribution in [0.4, 0.5) is 0 Å². The average Bonchev–Trinajstić information content (AvgIpc) is 2.72. The van der Waals surface area contributed by atoms with Crippen LogP contribution in [0.15, 0.2) is 91.0 Å². The quantitative estimate of drug-likeness (QED) is 0.479. The fraction of sp³-hybridized carbons (Fsp3) is 0.0800. The number of carbonyl (C=O) groups is 1. The predicted molar refractivity (Wildman–Crippen MR) is 110 cm³/mol. The maximum absolute atomic E-state index is 10.9. The van der Waals surface area contributed by atoms with Crippen molar-refractivity contribution < 1.29 is 9.90 Å². The van der Waals surface area contributed by atoms with Crippen molar-refractivity contribution in [2.75, 3.05) is 0 Å². The van der Waals surface area contributed by atoms with E-state index in [9.17, 15) is 4.79 Å². The van der Waals surface area contributed by atoms with Gasteiger partial charge in [0.2, 0.25) is 0 Å². The summed E-state index contributed by atoms with van der Waals surface area (Å²) in [5.41, 5.74) is 5.23. The lowest BCUT2D eigenvalue weighted by molar-refractivity contribution is 0.0697. The number of hydrogen-bond acceptors (Lipinski definition) is 1. The lowest BCUT2D eigenvalue weighted by Gasteiger charge is -2.07. The highest BCUT2D eigenvalue weighted by Gasteiger charge is 2.04. The van der Waals surface area contributed by atoms with Gasteiger partial charge in [0, 0.05) is 0 Å². The summed E-state index contributed by atoms with van der Waals surface area (Å²) in [4.78, 5) is 10.9. The van der Waals surface area contributed by atoms with Gasteiger partial charge in [-0.05, 0) is 64.1 Å². The largest absolute Gasteiger partial charge is 0.478 e. The van der Waals surface area contributed by atoms with E-state index in [4.69, 9.17) is 5.11 Å². The first kappa shape index (κ1) is 17.0. The Hall–Kier alpha value is -3.39. The number of carboxylic acid groups (broad SMARTS) is 1. The average molecular weight is 352 g/mol. The van der Waals surface area contributed by atoms with Gasteiger partial charge in [0.15, 0.2) is 0 Å². The molecule has 0 saturated carbocycles. The minimum Gasteiger partial charge on any atom is -0.478 e. The maximum Gasteiger partial charge on any atom is 0.335 e. The Labute approximate surface area is 158 Å². The van der Waals surface area contributed by atoms with Gasteiger partial charge in [-0.1, -0.05) is 72.8 Å². The third kappa shape index (κ3) is 3.90. The highest BCUT2D eigenvalue weighted by Crippen LogP contribution is 2.25. The molecule has 0 spiro atoms. The molecule has 0 aliphatic carbocycles. The van der Waals surface area contributed by atoms with Gasteiger partial charge < -0.3 is 5.11 Å². The number of carboxylic acids is 1. The minimum atomic E-state index is -0.883. The van der Waals surface area contributed by atoms with Gasteiger partial charge in [0.25, 0.3) is 0 Å². The van der Waals surface area contributed by atoms with Gasteiger partial charge in [-0.25, -0.2) is 4.79 Å². The number of fused-ring (bicyclic) bond motifs is 1. The van der Waals surface area contributed by atoms with E-state index in [1.807, 2.05) is 18.2 Å². The van der Waals surface area contributed by atoms with Gasteiger partial charge in [0.05, 0.1) is 5.56 Å². The summed E-state index contributed by atoms with van der Waals surface area (Å²) in [5.74, 6) is -0.883. The molecular weight excluding hydrogens is 332 g/mol. The van der Waals surface area contributed by atoms with Crippen LogP contribution in [0.5, 0.6) is 0 Å². The van der Waals surface area contributed by atoms with E-state index in [-0.39, 0.29) is 0 Å². The van der Waals surface area contributed by atoms with Crippen molar-refractivity contribution in [1.82, 2.24) is 0 Å². The number of aromatic carboxylic acids is 1. The summed E-state index contributed by atoms with van der Waals surface area (Å²) in [5, 5.41) is 11.5. The molecule has 0 aromatic heterocycles. The molecule has 0 saturated heterocycles. The number of aryl methyl sites for hydroxylation is 2. The van der Waals surface area contributed by atoms with Crippen molar-refractivity contribution in [3.8, 4) is 11.1 Å². The second kappa shape index (κ2) is 7.46. The predicted octanol–water partition coefficient (Wildman–Crippen LogP) is 5.99. The smallest absolute Gasteiger partial charge is 0.335 e. The Kier molecular flexibility index (Phi) is 4.71. The van der Waals surface area contributed by atoms with E-state index < -0.39 is 5.97 Å². The van der Waals surface area contributed by atoms with E-state index in [2.05, 4.69) is 60.7 Å². The van der Waals surface area contributed by atoms with Crippen molar-refractivity contribution in [3.63, 3.8) is 0 Å². The van der Waals surface area contributed by atoms with E-state index in [1.165, 1.54) is 27.5 Å². The Morgan fingerprint density at radius 3 is 2.00 bits per heavy atom. The summed E-state index contributed by atoms with van der Waals surface area (Å²) < 4.78 is 0. The molecule has 132 valence electrons. The van der Waals surface area contributed by atoms with Gasteiger partial charge in [0.1, 0.15) is 0 Å². The Morgan fingerprint density at radius 1 is 0.630 bits per heavy atom. The van der Waals surface area contributed by atoms with Crippen LogP contribution in [0, 0.1) is 0 Å². The van der Waals surface area contributed by atoms with Crippen molar-refractivity contribution in [2.24, 2.45) is 0 Å². The third-order valence-electron chi connectivity index (χ3n) is 4.92. The summed E-state index contributed by atoms with van der Waals surface area (Å²) in [6.45, 7) is 0. The first-order chi connectivity index (χ1) is 13.2. The van der Waals surface area contributed by atoms with Gasteiger partial charge in [-0.2, -0.15) is 0 Å². The molecule has 0 unspecified atom stereocenters. The Balaban J connectivity index is 1.51. The fourth-order valence-corrected chi connectivity index (χ4v) is 3.36. The highest BCUT2D eigenvalue weighted by molar-refractivity contribution is 5.88. The molecule has 0 heterocycles. The summed E-state index contributed by atoms with van der Waals surface area (Å²) >= 11 is 0. The van der Waals surface area contributed by atoms with Crippen molar-refractivity contribution >= 4 is 16.7 Å². The molecule has 0 amide bonds. The van der Waals surface area contributed by atoms with E-state index in [0.717, 1.165) is 18.4 Å². The SMILES string of the molecule is O=C(O)c1ccc(CCc2ccc3cc(-c4ccccc4)ccc3c2)cc1. The van der Waals surface area contributed by atoms with E-state index in [0.29, 0.717) is 5.56 Å². The first-order valence-corrected chi connectivity index (χ1v) is 9.09. The maximum atomic E-state index is 10.9. The zero-order valence-electron chi connectivity index (χ0n) is 14.9. The molecule has 4 aromatic carbocycles. The van der Waals surface area contributed by atoms with Crippen LogP contribution in [0.3, 0.4) is 0 Å². The van der Waals surface area contributed by atoms with Crippen LogP contribution in [-0.2, 0) is 12.8 Å². The zero-order chi connectivity index (χ0) is 18.6. The number of hydrogen-bond donors (Lipinski definition) is 1. The molecule has 0 aliphatic heterocycles. The van der Waals surface area contributed by atoms with E-state index in [1.54, 1.807) is 12.1 Å². The van der Waals surface area contributed by atoms with Crippen molar-refractivity contribution in [2.45, 2.75) is 12.8 Å². The minimum absolute atomic E-state index is 0.332. The number of rotatable bonds is 5. The van der Waals surface area contributed by atoms with Crippen molar-refractivity contribution in [1.29, 1.82) is 0 Å². The molecule has 0 aliphatic rings. The summed E-state index contributed by atoms with van der Waals surface area (Å²) in [7, 11) is 0. The summed E-state index contributed by atoms with van der Waals surface area (Å²) in [6.07, 6.45) is 1.83. The van der Waals surface area contributed by atoms with E-state index >= 15 is 0 Å². The van der Waals surface area contributed by atoms with Crippen molar-refractivity contribution in [3.05, 3.63) is 108 Å². The molecule has 0 fully saturated rings. The van der Waals surface area contributed by atoms with Crippen LogP contribution < -0.4 is 0 Å². The Morgan fingerprint density at radius 2 is 1.26 bits per heavy atom. The molecule has 4 rings (SSSR count). The molecule has 0 bridgehead atoms. The van der Waals surface area contributed by atoms with Gasteiger partial charge in [-0.15, -0.1) is 0 Å². The second-order valence-electron chi connectivity index (χ2n) is 6.76. The van der Waals surface area contributed by atoms with Crippen LogP contribution in [0.25, 0.3) is 21.9 Å². The van der Waals surface area contributed by atoms with Gasteiger partial charge >= 0.3 is 5.97 Å². The zero-order valence-corrected chi connectivity index (χ0v) is 14.9. The first-order valence-electron chi connectivity index (χ1n) is 9.09. The van der Waals surface area contributed by atoms with Crippen LogP contribution in [0.2, 0.25) is 0 Å². The highest BCUT2D eigenvalue weighted by atomic mass is 16.4. The fourth-order valence-electron chi connectivity index (χ4n) is 3.36. The van der Waals surface area contributed by atoms with Crippen LogP contribution in [-0.4, -0.2) is 11.1 Å². The number of benzene rings is 4. The molecule has 27 heavy (non-hydrogen) atoms. The normalized spacial score (nSPS) is 10.8. The third-order valence-corrected chi connectivity index (χ3v) is 4.92. The molecule has 1 N–H and O–H groups in total. The second-order valence-corrected chi connectivity index (χ2v) is 6.76. The molecule has 4 aromatic rings. The molecule has 2 heteroatoms. The van der Waals surface area contributed by atoms with Crippen LogP contribution >= 0.6 is 0 Å². The van der Waals surface area contributed by atoms with Crippen LogP contribution in [0.1, 0.15) is 21.5 Å². The lowest BCUT2D eigenvalue weighted by Crippen LogP contribution is -1.97. The topological polar surface area (TPSA) is 37.3 Å². The Bertz CT molecular complexity index is 1080. The lowest BCUT2D eigenvalue weighted by atomic mass is 9.98. The molecule has 2 nitrogen and oxygen atoms in total. The molecule has 0 radical (unpaired) electrons. The molecular formula is C25H20O2. The molecule has 0 atom stereocenters. The van der Waals surface area contributed by atoms with Gasteiger partial charge in [-0.3, -0.25) is 0 Å². The monoisotopic (exact) mass is 352 g/mol. The summed E-state index contributed by atoms with van der Waals surface area (Å²) in [6, 6.07) is 30.8. The standard InChI is InChI=1S/C25H20O2/c26-25(27)21-11-8-18(9-12-21)6-7-19-10-13-24-17-23(15-14-22(24)16-19)20-4-2-1-3-5-20/h1-5,8-17H,6-7H2,(H,26,27).